The fraction of sp³-hybridized carbons (Fsp3) is 0.500. The van der Waals surface area contributed by atoms with Crippen molar-refractivity contribution in [3.05, 3.63) is 19.2 Å². The smallest absolute Gasteiger partial charge is 0.205 e. The molecular weight excluding hydrogens is 344 g/mol. The molecule has 0 aromatic carbocycles. The standard InChI is InChI=1S/C10H10Br2O2S/c1-10(3-2-4-14-10)9(13)8-7(12)6(11)5-15-8/h5H,2-4H2,1H3. The van der Waals surface area contributed by atoms with Gasteiger partial charge in [0.25, 0.3) is 0 Å². The van der Waals surface area contributed by atoms with Gasteiger partial charge in [0.2, 0.25) is 5.78 Å². The normalized spacial score (nSPS) is 25.8. The van der Waals surface area contributed by atoms with Gasteiger partial charge in [-0.25, -0.2) is 0 Å². The van der Waals surface area contributed by atoms with E-state index in [2.05, 4.69) is 31.9 Å². The summed E-state index contributed by atoms with van der Waals surface area (Å²) in [5.41, 5.74) is -0.618. The van der Waals surface area contributed by atoms with Crippen molar-refractivity contribution in [1.29, 1.82) is 0 Å². The van der Waals surface area contributed by atoms with Crippen LogP contribution in [0, 0.1) is 0 Å². The molecule has 2 nitrogen and oxygen atoms in total. The first-order valence-electron chi connectivity index (χ1n) is 4.66. The van der Waals surface area contributed by atoms with E-state index in [0.717, 1.165) is 26.7 Å². The number of carbonyl (C=O) groups is 1. The summed E-state index contributed by atoms with van der Waals surface area (Å²) < 4.78 is 7.31. The highest BCUT2D eigenvalue weighted by Crippen LogP contribution is 2.38. The summed E-state index contributed by atoms with van der Waals surface area (Å²) in [5, 5.41) is 1.91. The van der Waals surface area contributed by atoms with Gasteiger partial charge in [-0.3, -0.25) is 4.79 Å². The molecule has 1 saturated heterocycles. The summed E-state index contributed by atoms with van der Waals surface area (Å²) in [6.45, 7) is 2.56. The lowest BCUT2D eigenvalue weighted by Gasteiger charge is -2.20. The van der Waals surface area contributed by atoms with Crippen LogP contribution in [0.25, 0.3) is 0 Å². The van der Waals surface area contributed by atoms with E-state index in [1.807, 2.05) is 12.3 Å². The Bertz CT molecular complexity index is 394. The number of halogens is 2. The summed E-state index contributed by atoms with van der Waals surface area (Å²) in [5.74, 6) is 0.0857. The third-order valence-corrected chi connectivity index (χ3v) is 6.12. The van der Waals surface area contributed by atoms with Crippen LogP contribution in [0.3, 0.4) is 0 Å². The average Bonchev–Trinajstić information content (AvgIpc) is 2.77. The van der Waals surface area contributed by atoms with Crippen LogP contribution in [0.2, 0.25) is 0 Å². The summed E-state index contributed by atoms with van der Waals surface area (Å²) in [6, 6.07) is 0. The highest BCUT2D eigenvalue weighted by atomic mass is 79.9. The van der Waals surface area contributed by atoms with Crippen LogP contribution >= 0.6 is 43.2 Å². The van der Waals surface area contributed by atoms with Gasteiger partial charge in [0, 0.05) is 16.5 Å². The molecule has 2 rings (SSSR count). The van der Waals surface area contributed by atoms with Gasteiger partial charge in [-0.2, -0.15) is 0 Å². The lowest BCUT2D eigenvalue weighted by Crippen LogP contribution is -2.33. The predicted octanol–water partition coefficient (Wildman–Crippen LogP) is 4.02. The molecule has 0 amide bonds. The van der Waals surface area contributed by atoms with Crippen molar-refractivity contribution < 1.29 is 9.53 Å². The zero-order valence-electron chi connectivity index (χ0n) is 8.18. The van der Waals surface area contributed by atoms with Gasteiger partial charge in [-0.1, -0.05) is 0 Å². The van der Waals surface area contributed by atoms with Crippen LogP contribution in [0.1, 0.15) is 29.4 Å². The number of ketones is 1. The van der Waals surface area contributed by atoms with Gasteiger partial charge >= 0.3 is 0 Å². The highest BCUT2D eigenvalue weighted by Gasteiger charge is 2.39. The first kappa shape index (κ1) is 11.8. The van der Waals surface area contributed by atoms with Crippen molar-refractivity contribution in [2.75, 3.05) is 6.61 Å². The molecule has 1 aliphatic rings. The van der Waals surface area contributed by atoms with E-state index in [1.54, 1.807) is 0 Å². The minimum atomic E-state index is -0.618. The molecule has 82 valence electrons. The van der Waals surface area contributed by atoms with Crippen molar-refractivity contribution in [3.63, 3.8) is 0 Å². The Balaban J connectivity index is 2.32. The van der Waals surface area contributed by atoms with E-state index in [4.69, 9.17) is 4.74 Å². The third-order valence-electron chi connectivity index (χ3n) is 2.59. The predicted molar refractivity (Wildman–Crippen MR) is 67.6 cm³/mol. The van der Waals surface area contributed by atoms with Crippen LogP contribution in [0.15, 0.2) is 14.3 Å². The molecule has 0 spiro atoms. The lowest BCUT2D eigenvalue weighted by molar-refractivity contribution is 0.0216. The molecule has 1 aromatic heterocycles. The van der Waals surface area contributed by atoms with Gasteiger partial charge in [0.05, 0.1) is 9.35 Å². The van der Waals surface area contributed by atoms with Gasteiger partial charge in [0.15, 0.2) is 0 Å². The van der Waals surface area contributed by atoms with Gasteiger partial charge in [-0.05, 0) is 51.6 Å². The fourth-order valence-corrected chi connectivity index (χ4v) is 3.89. The minimum absolute atomic E-state index is 0.0857. The zero-order chi connectivity index (χ0) is 11.1. The molecule has 1 aliphatic heterocycles. The largest absolute Gasteiger partial charge is 0.367 e. The molecule has 1 fully saturated rings. The molecule has 15 heavy (non-hydrogen) atoms. The van der Waals surface area contributed by atoms with Crippen LogP contribution < -0.4 is 0 Å². The van der Waals surface area contributed by atoms with Crippen molar-refractivity contribution >= 4 is 49.0 Å². The van der Waals surface area contributed by atoms with Crippen molar-refractivity contribution in [2.45, 2.75) is 25.4 Å². The number of carbonyl (C=O) groups excluding carboxylic acids is 1. The number of hydrogen-bond donors (Lipinski definition) is 0. The van der Waals surface area contributed by atoms with E-state index < -0.39 is 5.60 Å². The fourth-order valence-electron chi connectivity index (χ4n) is 1.67. The first-order valence-corrected chi connectivity index (χ1v) is 7.12. The minimum Gasteiger partial charge on any atom is -0.367 e. The van der Waals surface area contributed by atoms with Gasteiger partial charge < -0.3 is 4.74 Å². The van der Waals surface area contributed by atoms with E-state index in [0.29, 0.717) is 6.61 Å². The number of rotatable bonds is 2. The molecule has 0 aliphatic carbocycles. The van der Waals surface area contributed by atoms with Crippen molar-refractivity contribution in [1.82, 2.24) is 0 Å². The highest BCUT2D eigenvalue weighted by molar-refractivity contribution is 9.13. The summed E-state index contributed by atoms with van der Waals surface area (Å²) in [6.07, 6.45) is 1.78. The third kappa shape index (κ3) is 2.07. The van der Waals surface area contributed by atoms with Crippen LogP contribution in [-0.4, -0.2) is 18.0 Å². The van der Waals surface area contributed by atoms with E-state index in [1.165, 1.54) is 11.3 Å². The van der Waals surface area contributed by atoms with Crippen molar-refractivity contribution in [3.8, 4) is 0 Å². The molecule has 5 heteroatoms. The molecule has 1 aromatic rings. The Morgan fingerprint density at radius 1 is 1.60 bits per heavy atom. The maximum absolute atomic E-state index is 12.2. The zero-order valence-corrected chi connectivity index (χ0v) is 12.2. The SMILES string of the molecule is CC1(C(=O)c2scc(Br)c2Br)CCCO1. The second-order valence-corrected chi connectivity index (χ2v) is 6.27. The Morgan fingerprint density at radius 2 is 2.33 bits per heavy atom. The number of thiophene rings is 1. The van der Waals surface area contributed by atoms with E-state index in [9.17, 15) is 4.79 Å². The van der Waals surface area contributed by atoms with Gasteiger partial charge in [-0.15, -0.1) is 11.3 Å². The second kappa shape index (κ2) is 4.28. The molecule has 0 radical (unpaired) electrons. The number of Topliss-reactive ketones (excluding diaryl/α,β-unsaturated/α-hetero) is 1. The average molecular weight is 354 g/mol. The first-order chi connectivity index (χ1) is 7.04. The van der Waals surface area contributed by atoms with Gasteiger partial charge in [0.1, 0.15) is 5.60 Å². The quantitative estimate of drug-likeness (QED) is 0.750. The van der Waals surface area contributed by atoms with E-state index in [-0.39, 0.29) is 5.78 Å². The Hall–Kier alpha value is 0.290. The Labute approximate surface area is 109 Å². The second-order valence-electron chi connectivity index (χ2n) is 3.74. The maximum atomic E-state index is 12.2. The molecular formula is C10H10Br2O2S. The molecule has 1 unspecified atom stereocenters. The Kier molecular flexibility index (Phi) is 3.36. The lowest BCUT2D eigenvalue weighted by atomic mass is 9.96. The van der Waals surface area contributed by atoms with Crippen LogP contribution in [-0.2, 0) is 4.74 Å². The molecule has 1 atom stereocenters. The van der Waals surface area contributed by atoms with Crippen molar-refractivity contribution in [2.24, 2.45) is 0 Å². The maximum Gasteiger partial charge on any atom is 0.205 e. The molecule has 0 bridgehead atoms. The van der Waals surface area contributed by atoms with Crippen LogP contribution in [0.5, 0.6) is 0 Å². The molecule has 2 heterocycles. The summed E-state index contributed by atoms with van der Waals surface area (Å²) >= 11 is 8.24. The van der Waals surface area contributed by atoms with Crippen LogP contribution in [0.4, 0.5) is 0 Å². The topological polar surface area (TPSA) is 26.3 Å². The Morgan fingerprint density at radius 3 is 2.80 bits per heavy atom. The number of hydrogen-bond acceptors (Lipinski definition) is 3. The summed E-state index contributed by atoms with van der Waals surface area (Å²) in [7, 11) is 0. The molecule has 0 N–H and O–H groups in total. The van der Waals surface area contributed by atoms with E-state index >= 15 is 0 Å². The number of ether oxygens (including phenoxy) is 1. The monoisotopic (exact) mass is 352 g/mol. The molecule has 0 saturated carbocycles. The summed E-state index contributed by atoms with van der Waals surface area (Å²) in [4.78, 5) is 13.0.